The van der Waals surface area contributed by atoms with Gasteiger partial charge in [-0.2, -0.15) is 0 Å². The molecule has 1 aromatic heterocycles. The van der Waals surface area contributed by atoms with E-state index >= 15 is 0 Å². The van der Waals surface area contributed by atoms with E-state index in [1.807, 2.05) is 6.92 Å². The van der Waals surface area contributed by atoms with Gasteiger partial charge in [0.05, 0.1) is 0 Å². The van der Waals surface area contributed by atoms with E-state index < -0.39 is 0 Å². The highest BCUT2D eigenvalue weighted by atomic mass is 16.1. The quantitative estimate of drug-likeness (QED) is 0.909. The number of nitrogens with zero attached hydrogens (tertiary/aromatic N) is 1. The van der Waals surface area contributed by atoms with Crippen molar-refractivity contribution in [3.8, 4) is 0 Å². The highest BCUT2D eigenvalue weighted by molar-refractivity contribution is 5.85. The van der Waals surface area contributed by atoms with Crippen LogP contribution in [0.5, 0.6) is 0 Å². The Morgan fingerprint density at radius 3 is 2.82 bits per heavy atom. The Bertz CT molecular complexity index is 650. The number of aromatic nitrogens is 1. The molecule has 1 aliphatic heterocycles. The smallest absolute Gasteiger partial charge is 0.132 e. The summed E-state index contributed by atoms with van der Waals surface area (Å²) < 4.78 is 0. The van der Waals surface area contributed by atoms with E-state index in [0.717, 1.165) is 6.42 Å². The molecule has 22 heavy (non-hydrogen) atoms. The van der Waals surface area contributed by atoms with Crippen molar-refractivity contribution in [2.24, 2.45) is 0 Å². The Morgan fingerprint density at radius 2 is 2.09 bits per heavy atom. The third kappa shape index (κ3) is 3.25. The molecule has 1 fully saturated rings. The molecule has 0 bridgehead atoms. The summed E-state index contributed by atoms with van der Waals surface area (Å²) in [5.74, 6) is 1.02. The molecule has 1 saturated heterocycles. The number of aromatic amines is 1. The number of rotatable bonds is 5. The van der Waals surface area contributed by atoms with Crippen molar-refractivity contribution >= 4 is 16.7 Å². The van der Waals surface area contributed by atoms with Gasteiger partial charge in [-0.3, -0.25) is 4.79 Å². The lowest BCUT2D eigenvalue weighted by atomic mass is 9.89. The first-order valence-corrected chi connectivity index (χ1v) is 8.47. The SMILES string of the molecule is CCC(=O)CCc1ccc2[nH]cc(C3CCN(C)CC3)c2c1. The van der Waals surface area contributed by atoms with Gasteiger partial charge < -0.3 is 9.88 Å². The topological polar surface area (TPSA) is 36.1 Å². The van der Waals surface area contributed by atoms with Crippen LogP contribution in [0.2, 0.25) is 0 Å². The summed E-state index contributed by atoms with van der Waals surface area (Å²) in [6.45, 7) is 4.31. The minimum absolute atomic E-state index is 0.352. The fourth-order valence-corrected chi connectivity index (χ4v) is 3.46. The molecule has 118 valence electrons. The molecule has 0 aliphatic carbocycles. The van der Waals surface area contributed by atoms with Crippen molar-refractivity contribution in [3.05, 3.63) is 35.5 Å². The number of nitrogens with one attached hydrogen (secondary N) is 1. The average molecular weight is 298 g/mol. The van der Waals surface area contributed by atoms with E-state index in [9.17, 15) is 4.79 Å². The third-order valence-electron chi connectivity index (χ3n) is 5.02. The lowest BCUT2D eigenvalue weighted by Gasteiger charge is -2.28. The van der Waals surface area contributed by atoms with Crippen molar-refractivity contribution in [2.75, 3.05) is 20.1 Å². The first-order chi connectivity index (χ1) is 10.7. The molecule has 0 radical (unpaired) electrons. The highest BCUT2D eigenvalue weighted by Crippen LogP contribution is 2.33. The Hall–Kier alpha value is -1.61. The van der Waals surface area contributed by atoms with Gasteiger partial charge in [-0.05, 0) is 68.6 Å². The number of hydrogen-bond donors (Lipinski definition) is 1. The van der Waals surface area contributed by atoms with E-state index in [0.29, 0.717) is 24.5 Å². The van der Waals surface area contributed by atoms with Crippen LogP contribution in [0.15, 0.2) is 24.4 Å². The van der Waals surface area contributed by atoms with E-state index in [1.165, 1.54) is 48.0 Å². The van der Waals surface area contributed by atoms with Gasteiger partial charge in [-0.1, -0.05) is 13.0 Å². The van der Waals surface area contributed by atoms with Gasteiger partial charge in [0.2, 0.25) is 0 Å². The van der Waals surface area contributed by atoms with Crippen LogP contribution in [-0.4, -0.2) is 35.8 Å². The number of ketones is 1. The minimum Gasteiger partial charge on any atom is -0.361 e. The molecule has 0 atom stereocenters. The fraction of sp³-hybridized carbons (Fsp3) is 0.526. The molecule has 3 heteroatoms. The van der Waals surface area contributed by atoms with Crippen molar-refractivity contribution in [2.45, 2.75) is 44.9 Å². The lowest BCUT2D eigenvalue weighted by molar-refractivity contribution is -0.118. The first kappa shape index (κ1) is 15.3. The zero-order valence-electron chi connectivity index (χ0n) is 13.7. The van der Waals surface area contributed by atoms with Crippen LogP contribution in [0.3, 0.4) is 0 Å². The standard InChI is InChI=1S/C19H26N2O/c1-3-16(22)6-4-14-5-7-19-17(12-14)18(13-20-19)15-8-10-21(2)11-9-15/h5,7,12-13,15,20H,3-4,6,8-11H2,1-2H3. The number of carbonyl (C=O) groups is 1. The van der Waals surface area contributed by atoms with Gasteiger partial charge in [0, 0.05) is 29.9 Å². The normalized spacial score (nSPS) is 17.2. The molecule has 3 rings (SSSR count). The summed E-state index contributed by atoms with van der Waals surface area (Å²) in [4.78, 5) is 17.4. The second-order valence-electron chi connectivity index (χ2n) is 6.59. The van der Waals surface area contributed by atoms with Gasteiger partial charge in [-0.25, -0.2) is 0 Å². The number of benzene rings is 1. The van der Waals surface area contributed by atoms with E-state index in [2.05, 4.69) is 41.3 Å². The summed E-state index contributed by atoms with van der Waals surface area (Å²) in [5, 5.41) is 1.36. The molecule has 0 unspecified atom stereocenters. The van der Waals surface area contributed by atoms with Crippen molar-refractivity contribution in [1.82, 2.24) is 9.88 Å². The Morgan fingerprint density at radius 1 is 1.32 bits per heavy atom. The number of hydrogen-bond acceptors (Lipinski definition) is 2. The summed E-state index contributed by atoms with van der Waals surface area (Å²) in [5.41, 5.74) is 3.97. The number of carbonyl (C=O) groups excluding carboxylic acids is 1. The predicted octanol–water partition coefficient (Wildman–Crippen LogP) is 3.89. The van der Waals surface area contributed by atoms with Gasteiger partial charge in [0.25, 0.3) is 0 Å². The van der Waals surface area contributed by atoms with Crippen LogP contribution in [0.25, 0.3) is 10.9 Å². The largest absolute Gasteiger partial charge is 0.361 e. The molecular weight excluding hydrogens is 272 g/mol. The Balaban J connectivity index is 1.81. The number of H-pyrrole nitrogens is 1. The number of piperidine rings is 1. The highest BCUT2D eigenvalue weighted by Gasteiger charge is 2.21. The average Bonchev–Trinajstić information content (AvgIpc) is 2.96. The zero-order valence-corrected chi connectivity index (χ0v) is 13.7. The summed E-state index contributed by atoms with van der Waals surface area (Å²) in [7, 11) is 2.20. The Kier molecular flexibility index (Phi) is 4.63. The molecule has 2 heterocycles. The monoisotopic (exact) mass is 298 g/mol. The maximum atomic E-state index is 11.5. The van der Waals surface area contributed by atoms with E-state index in [1.54, 1.807) is 0 Å². The van der Waals surface area contributed by atoms with Crippen LogP contribution >= 0.6 is 0 Å². The minimum atomic E-state index is 0.352. The maximum absolute atomic E-state index is 11.5. The summed E-state index contributed by atoms with van der Waals surface area (Å²) >= 11 is 0. The number of aryl methyl sites for hydroxylation is 1. The molecule has 0 saturated carbocycles. The van der Waals surface area contributed by atoms with Gasteiger partial charge in [-0.15, -0.1) is 0 Å². The van der Waals surface area contributed by atoms with Crippen molar-refractivity contribution in [1.29, 1.82) is 0 Å². The van der Waals surface area contributed by atoms with E-state index in [-0.39, 0.29) is 0 Å². The molecule has 2 aromatic rings. The van der Waals surface area contributed by atoms with E-state index in [4.69, 9.17) is 0 Å². The van der Waals surface area contributed by atoms with Crippen molar-refractivity contribution < 1.29 is 4.79 Å². The third-order valence-corrected chi connectivity index (χ3v) is 5.02. The Labute approximate surface area is 132 Å². The van der Waals surface area contributed by atoms with Gasteiger partial charge in [0.15, 0.2) is 0 Å². The van der Waals surface area contributed by atoms with Crippen LogP contribution in [-0.2, 0) is 11.2 Å². The van der Waals surface area contributed by atoms with Crippen molar-refractivity contribution in [3.63, 3.8) is 0 Å². The molecule has 1 aromatic carbocycles. The zero-order chi connectivity index (χ0) is 15.5. The fourth-order valence-electron chi connectivity index (χ4n) is 3.46. The molecule has 1 N–H and O–H groups in total. The molecule has 1 aliphatic rings. The number of fused-ring (bicyclic) bond motifs is 1. The molecular formula is C19H26N2O. The van der Waals surface area contributed by atoms with Gasteiger partial charge in [0.1, 0.15) is 5.78 Å². The second-order valence-corrected chi connectivity index (χ2v) is 6.59. The maximum Gasteiger partial charge on any atom is 0.132 e. The molecule has 0 amide bonds. The molecule has 0 spiro atoms. The number of likely N-dealkylation sites (tertiary alicyclic amines) is 1. The van der Waals surface area contributed by atoms with Crippen LogP contribution < -0.4 is 0 Å². The lowest BCUT2D eigenvalue weighted by Crippen LogP contribution is -2.29. The summed E-state index contributed by atoms with van der Waals surface area (Å²) in [6.07, 6.45) is 6.84. The number of Topliss-reactive ketones (excluding diaryl/α,β-unsaturated/α-hetero) is 1. The van der Waals surface area contributed by atoms with Crippen LogP contribution in [0.1, 0.15) is 49.7 Å². The molecule has 3 nitrogen and oxygen atoms in total. The van der Waals surface area contributed by atoms with Crippen LogP contribution in [0, 0.1) is 0 Å². The van der Waals surface area contributed by atoms with Gasteiger partial charge >= 0.3 is 0 Å². The predicted molar refractivity (Wildman–Crippen MR) is 91.4 cm³/mol. The first-order valence-electron chi connectivity index (χ1n) is 8.47. The van der Waals surface area contributed by atoms with Crippen LogP contribution in [0.4, 0.5) is 0 Å². The summed E-state index contributed by atoms with van der Waals surface area (Å²) in [6, 6.07) is 6.61. The second kappa shape index (κ2) is 6.66.